The van der Waals surface area contributed by atoms with E-state index in [1.165, 1.54) is 0 Å². The summed E-state index contributed by atoms with van der Waals surface area (Å²) in [6.45, 7) is 3.21. The SMILES string of the molecule is CN(Cc1ncccn1)C(=O)C1CN(c2ncccn2)CC12CCOCC2. The standard InChI is InChI=1S/C19H24N6O2/c1-24(13-16-20-6-2-7-21-16)17(26)15-12-25(18-22-8-3-9-23-18)14-19(15)4-10-27-11-5-19/h2-3,6-9,15H,4-5,10-14H2,1H3. The molecule has 2 fully saturated rings. The average Bonchev–Trinajstić information content (AvgIpc) is 3.08. The van der Waals surface area contributed by atoms with Crippen LogP contribution in [0.15, 0.2) is 36.9 Å². The molecule has 0 saturated carbocycles. The molecule has 142 valence electrons. The topological polar surface area (TPSA) is 84.3 Å². The van der Waals surface area contributed by atoms with E-state index in [9.17, 15) is 4.79 Å². The number of rotatable bonds is 4. The smallest absolute Gasteiger partial charge is 0.228 e. The number of anilines is 1. The molecule has 0 bridgehead atoms. The third-order valence-corrected chi connectivity index (χ3v) is 5.64. The number of hydrogen-bond acceptors (Lipinski definition) is 7. The van der Waals surface area contributed by atoms with Crippen LogP contribution >= 0.6 is 0 Å². The van der Waals surface area contributed by atoms with Crippen molar-refractivity contribution in [3.8, 4) is 0 Å². The molecule has 8 heteroatoms. The number of carbonyl (C=O) groups is 1. The molecule has 0 aromatic carbocycles. The monoisotopic (exact) mass is 368 g/mol. The van der Waals surface area contributed by atoms with Crippen LogP contribution in [0.1, 0.15) is 18.7 Å². The van der Waals surface area contributed by atoms with E-state index in [4.69, 9.17) is 4.74 Å². The van der Waals surface area contributed by atoms with Gasteiger partial charge in [0.15, 0.2) is 0 Å². The molecule has 8 nitrogen and oxygen atoms in total. The molecule has 2 aromatic rings. The third-order valence-electron chi connectivity index (χ3n) is 5.64. The molecule has 2 saturated heterocycles. The first-order valence-corrected chi connectivity index (χ1v) is 9.28. The number of amides is 1. The Labute approximate surface area is 158 Å². The molecule has 1 atom stereocenters. The molecule has 0 N–H and O–H groups in total. The van der Waals surface area contributed by atoms with Crippen LogP contribution in [0.4, 0.5) is 5.95 Å². The zero-order valence-electron chi connectivity index (χ0n) is 15.5. The molecule has 0 radical (unpaired) electrons. The Morgan fingerprint density at radius 3 is 2.44 bits per heavy atom. The third kappa shape index (κ3) is 3.62. The van der Waals surface area contributed by atoms with Gasteiger partial charge in [0.05, 0.1) is 12.5 Å². The Bertz CT molecular complexity index is 766. The normalized spacial score (nSPS) is 21.4. The highest BCUT2D eigenvalue weighted by Gasteiger charge is 2.51. The quantitative estimate of drug-likeness (QED) is 0.800. The minimum Gasteiger partial charge on any atom is -0.381 e. The van der Waals surface area contributed by atoms with Gasteiger partial charge in [0, 0.05) is 63.6 Å². The van der Waals surface area contributed by atoms with Crippen molar-refractivity contribution in [2.75, 3.05) is 38.3 Å². The van der Waals surface area contributed by atoms with E-state index in [0.29, 0.717) is 38.1 Å². The molecule has 2 aromatic heterocycles. The summed E-state index contributed by atoms with van der Waals surface area (Å²) in [5.74, 6) is 1.35. The van der Waals surface area contributed by atoms with Crippen LogP contribution in [0, 0.1) is 11.3 Å². The van der Waals surface area contributed by atoms with Crippen molar-refractivity contribution in [1.29, 1.82) is 0 Å². The van der Waals surface area contributed by atoms with Gasteiger partial charge in [-0.15, -0.1) is 0 Å². The zero-order valence-corrected chi connectivity index (χ0v) is 15.5. The molecular weight excluding hydrogens is 344 g/mol. The maximum atomic E-state index is 13.4. The molecular formula is C19H24N6O2. The molecule has 1 unspecified atom stereocenters. The summed E-state index contributed by atoms with van der Waals surface area (Å²) in [6, 6.07) is 3.58. The molecule has 1 amide bonds. The molecule has 2 aliphatic heterocycles. The first-order chi connectivity index (χ1) is 13.2. The molecule has 4 rings (SSSR count). The second kappa shape index (κ2) is 7.56. The van der Waals surface area contributed by atoms with Gasteiger partial charge in [0.25, 0.3) is 0 Å². The van der Waals surface area contributed by atoms with Crippen molar-refractivity contribution >= 4 is 11.9 Å². The number of ether oxygens (including phenoxy) is 1. The fraction of sp³-hybridized carbons (Fsp3) is 0.526. The van der Waals surface area contributed by atoms with E-state index in [1.807, 2.05) is 7.05 Å². The second-order valence-corrected chi connectivity index (χ2v) is 7.32. The molecule has 2 aliphatic rings. The molecule has 4 heterocycles. The summed E-state index contributed by atoms with van der Waals surface area (Å²) >= 11 is 0. The van der Waals surface area contributed by atoms with Crippen LogP contribution in [0.3, 0.4) is 0 Å². The van der Waals surface area contributed by atoms with Crippen molar-refractivity contribution in [3.63, 3.8) is 0 Å². The van der Waals surface area contributed by atoms with Gasteiger partial charge < -0.3 is 14.5 Å². The summed E-state index contributed by atoms with van der Waals surface area (Å²) in [6.07, 6.45) is 8.64. The van der Waals surface area contributed by atoms with E-state index in [0.717, 1.165) is 19.4 Å². The highest BCUT2D eigenvalue weighted by molar-refractivity contribution is 5.81. The van der Waals surface area contributed by atoms with Gasteiger partial charge in [0.1, 0.15) is 5.82 Å². The van der Waals surface area contributed by atoms with Crippen LogP contribution in [-0.2, 0) is 16.1 Å². The van der Waals surface area contributed by atoms with Crippen LogP contribution in [-0.4, -0.2) is 64.1 Å². The van der Waals surface area contributed by atoms with E-state index in [1.54, 1.807) is 41.8 Å². The number of aromatic nitrogens is 4. The fourth-order valence-corrected chi connectivity index (χ4v) is 4.17. The van der Waals surface area contributed by atoms with Gasteiger partial charge in [0.2, 0.25) is 11.9 Å². The molecule has 27 heavy (non-hydrogen) atoms. The summed E-state index contributed by atoms with van der Waals surface area (Å²) in [4.78, 5) is 34.5. The highest BCUT2D eigenvalue weighted by atomic mass is 16.5. The van der Waals surface area contributed by atoms with Crippen molar-refractivity contribution in [1.82, 2.24) is 24.8 Å². The minimum atomic E-state index is -0.112. The maximum absolute atomic E-state index is 13.4. The second-order valence-electron chi connectivity index (χ2n) is 7.32. The first-order valence-electron chi connectivity index (χ1n) is 9.28. The van der Waals surface area contributed by atoms with Gasteiger partial charge >= 0.3 is 0 Å². The lowest BCUT2D eigenvalue weighted by atomic mass is 9.71. The van der Waals surface area contributed by atoms with Gasteiger partial charge in [-0.05, 0) is 25.0 Å². The van der Waals surface area contributed by atoms with Crippen molar-refractivity contribution in [2.24, 2.45) is 11.3 Å². The van der Waals surface area contributed by atoms with Crippen molar-refractivity contribution in [3.05, 3.63) is 42.7 Å². The summed E-state index contributed by atoms with van der Waals surface area (Å²) < 4.78 is 5.59. The van der Waals surface area contributed by atoms with Crippen LogP contribution in [0.25, 0.3) is 0 Å². The Kier molecular flexibility index (Phi) is 4.98. The van der Waals surface area contributed by atoms with E-state index < -0.39 is 0 Å². The van der Waals surface area contributed by atoms with Gasteiger partial charge in [-0.2, -0.15) is 0 Å². The number of carbonyl (C=O) groups excluding carboxylic acids is 1. The van der Waals surface area contributed by atoms with E-state index >= 15 is 0 Å². The Hall–Kier alpha value is -2.61. The Morgan fingerprint density at radius 2 is 1.78 bits per heavy atom. The molecule has 1 spiro atoms. The van der Waals surface area contributed by atoms with E-state index in [-0.39, 0.29) is 17.2 Å². The van der Waals surface area contributed by atoms with Gasteiger partial charge in [-0.3, -0.25) is 4.79 Å². The van der Waals surface area contributed by atoms with E-state index in [2.05, 4.69) is 24.8 Å². The van der Waals surface area contributed by atoms with Crippen molar-refractivity contribution < 1.29 is 9.53 Å². The van der Waals surface area contributed by atoms with Crippen LogP contribution in [0.2, 0.25) is 0 Å². The minimum absolute atomic E-state index is 0.0969. The van der Waals surface area contributed by atoms with Crippen LogP contribution in [0.5, 0.6) is 0 Å². The predicted molar refractivity (Wildman–Crippen MR) is 98.7 cm³/mol. The molecule has 0 aliphatic carbocycles. The first kappa shape index (κ1) is 17.8. The number of hydrogen-bond donors (Lipinski definition) is 0. The maximum Gasteiger partial charge on any atom is 0.228 e. The summed E-state index contributed by atoms with van der Waals surface area (Å²) in [5, 5.41) is 0. The lowest BCUT2D eigenvalue weighted by Crippen LogP contribution is -2.45. The average molecular weight is 368 g/mol. The zero-order chi connectivity index (χ0) is 18.7. The van der Waals surface area contributed by atoms with Gasteiger partial charge in [-0.1, -0.05) is 0 Å². The lowest BCUT2D eigenvalue weighted by molar-refractivity contribution is -0.139. The number of nitrogens with zero attached hydrogens (tertiary/aromatic N) is 6. The predicted octanol–water partition coefficient (Wildman–Crippen LogP) is 1.16. The largest absolute Gasteiger partial charge is 0.381 e. The fourth-order valence-electron chi connectivity index (χ4n) is 4.17. The Balaban J connectivity index is 1.55. The summed E-state index contributed by atoms with van der Waals surface area (Å²) in [7, 11) is 1.83. The Morgan fingerprint density at radius 1 is 1.15 bits per heavy atom. The van der Waals surface area contributed by atoms with Crippen LogP contribution < -0.4 is 4.90 Å². The van der Waals surface area contributed by atoms with Gasteiger partial charge in [-0.25, -0.2) is 19.9 Å². The highest BCUT2D eigenvalue weighted by Crippen LogP contribution is 2.45. The lowest BCUT2D eigenvalue weighted by Gasteiger charge is -2.38. The summed E-state index contributed by atoms with van der Waals surface area (Å²) in [5.41, 5.74) is -0.0969. The van der Waals surface area contributed by atoms with Crippen molar-refractivity contribution in [2.45, 2.75) is 19.4 Å².